The lowest BCUT2D eigenvalue weighted by molar-refractivity contribution is -0.117. The predicted octanol–water partition coefficient (Wildman–Crippen LogP) is 5.16. The van der Waals surface area contributed by atoms with E-state index in [2.05, 4.69) is 15.0 Å². The third-order valence-electron chi connectivity index (χ3n) is 6.03. The summed E-state index contributed by atoms with van der Waals surface area (Å²) in [6.45, 7) is 1.83. The molecule has 3 N–H and O–H groups in total. The summed E-state index contributed by atoms with van der Waals surface area (Å²) in [6, 6.07) is 26.8. The van der Waals surface area contributed by atoms with Crippen LogP contribution in [-0.2, 0) is 21.2 Å². The van der Waals surface area contributed by atoms with Crippen molar-refractivity contribution in [1.82, 2.24) is 9.71 Å². The van der Waals surface area contributed by atoms with Gasteiger partial charge in [-0.25, -0.2) is 8.42 Å². The van der Waals surface area contributed by atoms with Crippen molar-refractivity contribution in [3.8, 4) is 0 Å². The summed E-state index contributed by atoms with van der Waals surface area (Å²) in [4.78, 5) is 16.8. The number of H-pyrrole nitrogens is 1. The lowest BCUT2D eigenvalue weighted by Crippen LogP contribution is -2.45. The summed E-state index contributed by atoms with van der Waals surface area (Å²) in [5.41, 5.74) is 3.21. The van der Waals surface area contributed by atoms with E-state index in [4.69, 9.17) is 0 Å². The Morgan fingerprint density at radius 1 is 0.886 bits per heavy atom. The van der Waals surface area contributed by atoms with Gasteiger partial charge in [0.05, 0.1) is 4.90 Å². The molecule has 7 heteroatoms. The van der Waals surface area contributed by atoms with Crippen LogP contribution in [0.4, 0.5) is 5.69 Å². The molecule has 35 heavy (non-hydrogen) atoms. The van der Waals surface area contributed by atoms with Crippen LogP contribution in [0.2, 0.25) is 0 Å². The quantitative estimate of drug-likeness (QED) is 0.299. The molecule has 1 amide bonds. The fourth-order valence-corrected chi connectivity index (χ4v) is 5.54. The molecule has 0 aliphatic carbocycles. The number of carbonyl (C=O) groups is 1. The summed E-state index contributed by atoms with van der Waals surface area (Å²) in [7, 11) is -3.93. The van der Waals surface area contributed by atoms with E-state index >= 15 is 0 Å². The molecule has 176 valence electrons. The Balaban J connectivity index is 1.47. The van der Waals surface area contributed by atoms with Gasteiger partial charge in [0, 0.05) is 22.8 Å². The SMILES string of the molecule is Cc1cccc(S(=O)(=O)N[C@H](Cc2c[nH]c3ccccc23)C(=O)Nc2ccc3ccccc3c2)c1. The number of hydrogen-bond donors (Lipinski definition) is 3. The Kier molecular flexibility index (Phi) is 6.11. The van der Waals surface area contributed by atoms with Gasteiger partial charge < -0.3 is 10.3 Å². The fraction of sp³-hybridized carbons (Fsp3) is 0.107. The van der Waals surface area contributed by atoms with Gasteiger partial charge in [-0.2, -0.15) is 4.72 Å². The van der Waals surface area contributed by atoms with Gasteiger partial charge in [-0.15, -0.1) is 0 Å². The molecule has 5 aromatic rings. The van der Waals surface area contributed by atoms with E-state index < -0.39 is 22.0 Å². The van der Waals surface area contributed by atoms with Crippen LogP contribution in [-0.4, -0.2) is 25.4 Å². The topological polar surface area (TPSA) is 91.1 Å². The number of aromatic nitrogens is 1. The van der Waals surface area contributed by atoms with Gasteiger partial charge >= 0.3 is 0 Å². The fourth-order valence-electron chi connectivity index (χ4n) is 4.24. The second-order valence-corrected chi connectivity index (χ2v) is 10.3. The molecule has 0 saturated heterocycles. The summed E-state index contributed by atoms with van der Waals surface area (Å²) < 4.78 is 29.1. The summed E-state index contributed by atoms with van der Waals surface area (Å²) in [6.07, 6.45) is 2.01. The van der Waals surface area contributed by atoms with E-state index in [0.29, 0.717) is 5.69 Å². The van der Waals surface area contributed by atoms with Crippen LogP contribution in [0.5, 0.6) is 0 Å². The number of anilines is 1. The Morgan fingerprint density at radius 2 is 1.66 bits per heavy atom. The van der Waals surface area contributed by atoms with Crippen molar-refractivity contribution in [1.29, 1.82) is 0 Å². The number of para-hydroxylation sites is 1. The second-order valence-electron chi connectivity index (χ2n) is 8.61. The van der Waals surface area contributed by atoms with Crippen LogP contribution in [0, 0.1) is 6.92 Å². The number of carbonyl (C=O) groups excluding carboxylic acids is 1. The van der Waals surface area contributed by atoms with Crippen molar-refractivity contribution in [2.24, 2.45) is 0 Å². The first-order valence-electron chi connectivity index (χ1n) is 11.3. The third kappa shape index (κ3) is 4.96. The van der Waals surface area contributed by atoms with E-state index in [9.17, 15) is 13.2 Å². The molecular weight excluding hydrogens is 458 g/mol. The van der Waals surface area contributed by atoms with Gasteiger partial charge in [-0.05, 0) is 65.6 Å². The van der Waals surface area contributed by atoms with Crippen LogP contribution in [0.1, 0.15) is 11.1 Å². The van der Waals surface area contributed by atoms with Gasteiger partial charge in [0.15, 0.2) is 0 Å². The molecule has 0 aliphatic heterocycles. The van der Waals surface area contributed by atoms with Crippen molar-refractivity contribution in [3.05, 3.63) is 108 Å². The molecular formula is C28H25N3O3S. The maximum atomic E-state index is 13.4. The minimum atomic E-state index is -3.93. The van der Waals surface area contributed by atoms with E-state index in [1.54, 1.807) is 12.1 Å². The Morgan fingerprint density at radius 3 is 2.49 bits per heavy atom. The molecule has 1 atom stereocenters. The van der Waals surface area contributed by atoms with Crippen LogP contribution in [0.15, 0.2) is 102 Å². The van der Waals surface area contributed by atoms with Crippen LogP contribution in [0.25, 0.3) is 21.7 Å². The Labute approximate surface area is 204 Å². The predicted molar refractivity (Wildman–Crippen MR) is 140 cm³/mol. The summed E-state index contributed by atoms with van der Waals surface area (Å²) in [5, 5.41) is 5.90. The lowest BCUT2D eigenvalue weighted by Gasteiger charge is -2.19. The standard InChI is InChI=1S/C28H25N3O3S/c1-19-7-6-10-24(15-19)35(33,34)31-27(17-22-18-29-26-12-5-4-11-25(22)26)28(32)30-23-14-13-20-8-2-3-9-21(20)16-23/h2-16,18,27,29,31H,17H2,1H3,(H,30,32)/t27-/m1/s1. The normalized spacial score (nSPS) is 12.6. The largest absolute Gasteiger partial charge is 0.361 e. The molecule has 4 aromatic carbocycles. The van der Waals surface area contributed by atoms with Crippen LogP contribution < -0.4 is 10.0 Å². The number of amides is 1. The molecule has 0 unspecified atom stereocenters. The van der Waals surface area contributed by atoms with Crippen LogP contribution >= 0.6 is 0 Å². The third-order valence-corrected chi connectivity index (χ3v) is 7.50. The van der Waals surface area contributed by atoms with Gasteiger partial charge in [0.1, 0.15) is 6.04 Å². The maximum Gasteiger partial charge on any atom is 0.242 e. The highest BCUT2D eigenvalue weighted by atomic mass is 32.2. The van der Waals surface area contributed by atoms with Gasteiger partial charge in [0.25, 0.3) is 0 Å². The van der Waals surface area contributed by atoms with E-state index in [1.165, 1.54) is 6.07 Å². The molecule has 0 bridgehead atoms. The average Bonchev–Trinajstić information content (AvgIpc) is 3.26. The monoisotopic (exact) mass is 483 g/mol. The summed E-state index contributed by atoms with van der Waals surface area (Å²) in [5.74, 6) is -0.429. The number of sulfonamides is 1. The van der Waals surface area contributed by atoms with Gasteiger partial charge in [-0.1, -0.05) is 60.7 Å². The van der Waals surface area contributed by atoms with E-state index in [-0.39, 0.29) is 11.3 Å². The van der Waals surface area contributed by atoms with E-state index in [1.807, 2.05) is 85.9 Å². The zero-order chi connectivity index (χ0) is 24.4. The molecule has 1 aromatic heterocycles. The number of aromatic amines is 1. The van der Waals surface area contributed by atoms with Gasteiger partial charge in [0.2, 0.25) is 15.9 Å². The number of benzene rings is 4. The van der Waals surface area contributed by atoms with Crippen molar-refractivity contribution in [2.75, 3.05) is 5.32 Å². The van der Waals surface area contributed by atoms with Crippen molar-refractivity contribution < 1.29 is 13.2 Å². The van der Waals surface area contributed by atoms with Crippen molar-refractivity contribution >= 4 is 43.3 Å². The van der Waals surface area contributed by atoms with Crippen LogP contribution in [0.3, 0.4) is 0 Å². The minimum Gasteiger partial charge on any atom is -0.361 e. The molecule has 0 spiro atoms. The highest BCUT2D eigenvalue weighted by molar-refractivity contribution is 7.89. The number of fused-ring (bicyclic) bond motifs is 2. The molecule has 1 heterocycles. The first-order valence-corrected chi connectivity index (χ1v) is 12.8. The number of aryl methyl sites for hydroxylation is 1. The highest BCUT2D eigenvalue weighted by Crippen LogP contribution is 2.22. The minimum absolute atomic E-state index is 0.125. The van der Waals surface area contributed by atoms with E-state index in [0.717, 1.165) is 32.8 Å². The maximum absolute atomic E-state index is 13.4. The summed E-state index contributed by atoms with van der Waals surface area (Å²) >= 11 is 0. The molecule has 6 nitrogen and oxygen atoms in total. The first kappa shape index (κ1) is 22.8. The Bertz CT molecular complexity index is 1640. The number of hydrogen-bond acceptors (Lipinski definition) is 3. The van der Waals surface area contributed by atoms with Crippen molar-refractivity contribution in [2.45, 2.75) is 24.3 Å². The molecule has 0 saturated carbocycles. The lowest BCUT2D eigenvalue weighted by atomic mass is 10.0. The zero-order valence-corrected chi connectivity index (χ0v) is 20.0. The van der Waals surface area contributed by atoms with Gasteiger partial charge in [-0.3, -0.25) is 4.79 Å². The first-order chi connectivity index (χ1) is 16.9. The number of rotatable bonds is 7. The average molecular weight is 484 g/mol. The molecule has 0 aliphatic rings. The smallest absolute Gasteiger partial charge is 0.242 e. The zero-order valence-electron chi connectivity index (χ0n) is 19.2. The molecule has 0 fully saturated rings. The Hall–Kier alpha value is -3.94. The second kappa shape index (κ2) is 9.37. The molecule has 5 rings (SSSR count). The highest BCUT2D eigenvalue weighted by Gasteiger charge is 2.27. The van der Waals surface area contributed by atoms with Crippen molar-refractivity contribution in [3.63, 3.8) is 0 Å². The molecule has 0 radical (unpaired) electrons. The number of nitrogens with one attached hydrogen (secondary N) is 3.